The number of aromatic nitrogens is 1. The summed E-state index contributed by atoms with van der Waals surface area (Å²) in [6, 6.07) is 3.48. The maximum Gasteiger partial charge on any atom is 0.263 e. The number of carbonyl (C=O) groups excluding carboxylic acids is 1. The highest BCUT2D eigenvalue weighted by Crippen LogP contribution is 2.23. The molecule has 0 saturated carbocycles. The van der Waals surface area contributed by atoms with Crippen LogP contribution in [0, 0.1) is 6.92 Å². The van der Waals surface area contributed by atoms with Crippen LogP contribution in [0.1, 0.15) is 18.4 Å². The van der Waals surface area contributed by atoms with Crippen molar-refractivity contribution in [3.05, 3.63) is 29.9 Å². The van der Waals surface area contributed by atoms with E-state index >= 15 is 0 Å². The van der Waals surface area contributed by atoms with Gasteiger partial charge in [0.05, 0.1) is 43.7 Å². The van der Waals surface area contributed by atoms with Gasteiger partial charge < -0.3 is 23.6 Å². The van der Waals surface area contributed by atoms with Gasteiger partial charge in [0.25, 0.3) is 5.89 Å². The molecule has 0 bridgehead atoms. The average Bonchev–Trinajstić information content (AvgIpc) is 3.18. The maximum absolute atomic E-state index is 12.6. The van der Waals surface area contributed by atoms with Crippen molar-refractivity contribution in [2.24, 2.45) is 0 Å². The average molecular weight is 320 g/mol. The molecule has 23 heavy (non-hydrogen) atoms. The molecule has 0 spiro atoms. The van der Waals surface area contributed by atoms with Crippen molar-refractivity contribution in [3.8, 4) is 11.7 Å². The molecule has 2 unspecified atom stereocenters. The van der Waals surface area contributed by atoms with Gasteiger partial charge >= 0.3 is 0 Å². The Balaban J connectivity index is 1.72. The number of furan rings is 1. The van der Waals surface area contributed by atoms with Crippen LogP contribution >= 0.6 is 0 Å². The van der Waals surface area contributed by atoms with Crippen molar-refractivity contribution in [2.75, 3.05) is 19.8 Å². The molecule has 3 heterocycles. The van der Waals surface area contributed by atoms with Crippen molar-refractivity contribution in [1.29, 1.82) is 0 Å². The third-order valence-corrected chi connectivity index (χ3v) is 3.97. The first kappa shape index (κ1) is 15.8. The van der Waals surface area contributed by atoms with E-state index in [0.717, 1.165) is 0 Å². The van der Waals surface area contributed by atoms with E-state index in [2.05, 4.69) is 4.98 Å². The highest BCUT2D eigenvalue weighted by molar-refractivity contribution is 5.79. The summed E-state index contributed by atoms with van der Waals surface area (Å²) in [5.41, 5.74) is 0.598. The molecule has 1 N–H and O–H groups in total. The van der Waals surface area contributed by atoms with E-state index < -0.39 is 0 Å². The summed E-state index contributed by atoms with van der Waals surface area (Å²) >= 11 is 0. The van der Waals surface area contributed by atoms with Crippen LogP contribution in [0.5, 0.6) is 0 Å². The van der Waals surface area contributed by atoms with Crippen LogP contribution in [0.2, 0.25) is 0 Å². The number of oxazole rings is 1. The lowest BCUT2D eigenvalue weighted by Gasteiger charge is -2.37. The van der Waals surface area contributed by atoms with Crippen LogP contribution in [-0.4, -0.2) is 52.8 Å². The number of ether oxygens (including phenoxy) is 1. The Morgan fingerprint density at radius 1 is 1.52 bits per heavy atom. The monoisotopic (exact) mass is 320 g/mol. The van der Waals surface area contributed by atoms with E-state index in [-0.39, 0.29) is 31.1 Å². The number of amides is 1. The molecule has 2 aromatic heterocycles. The number of aliphatic hydroxyl groups is 1. The third kappa shape index (κ3) is 3.30. The molecule has 1 saturated heterocycles. The number of aliphatic hydroxyl groups excluding tert-OH is 1. The topological polar surface area (TPSA) is 88.9 Å². The first-order valence-electron chi connectivity index (χ1n) is 7.60. The van der Waals surface area contributed by atoms with Gasteiger partial charge in [-0.25, -0.2) is 4.98 Å². The zero-order valence-electron chi connectivity index (χ0n) is 13.2. The predicted molar refractivity (Wildman–Crippen MR) is 80.6 cm³/mol. The third-order valence-electron chi connectivity index (χ3n) is 3.97. The Morgan fingerprint density at radius 2 is 2.35 bits per heavy atom. The van der Waals surface area contributed by atoms with Crippen LogP contribution in [0.15, 0.2) is 27.2 Å². The molecule has 3 rings (SSSR count). The fourth-order valence-electron chi connectivity index (χ4n) is 2.62. The second-order valence-corrected chi connectivity index (χ2v) is 5.71. The molecule has 7 nitrogen and oxygen atoms in total. The van der Waals surface area contributed by atoms with Crippen molar-refractivity contribution in [2.45, 2.75) is 32.4 Å². The summed E-state index contributed by atoms with van der Waals surface area (Å²) in [5.74, 6) is 1.46. The summed E-state index contributed by atoms with van der Waals surface area (Å²) in [7, 11) is 0. The first-order chi connectivity index (χ1) is 11.1. The van der Waals surface area contributed by atoms with E-state index in [1.165, 1.54) is 0 Å². The predicted octanol–water partition coefficient (Wildman–Crippen LogP) is 1.39. The van der Waals surface area contributed by atoms with Crippen LogP contribution in [0.25, 0.3) is 11.7 Å². The van der Waals surface area contributed by atoms with Gasteiger partial charge in [-0.05, 0) is 26.0 Å². The van der Waals surface area contributed by atoms with Gasteiger partial charge in [0.2, 0.25) is 5.91 Å². The number of carbonyl (C=O) groups is 1. The summed E-state index contributed by atoms with van der Waals surface area (Å²) in [4.78, 5) is 18.7. The lowest BCUT2D eigenvalue weighted by molar-refractivity contribution is -0.145. The molecule has 124 valence electrons. The van der Waals surface area contributed by atoms with E-state index in [9.17, 15) is 9.90 Å². The van der Waals surface area contributed by atoms with Gasteiger partial charge in [-0.2, -0.15) is 0 Å². The molecule has 2 atom stereocenters. The van der Waals surface area contributed by atoms with Crippen LogP contribution < -0.4 is 0 Å². The molecule has 0 aromatic carbocycles. The molecule has 7 heteroatoms. The van der Waals surface area contributed by atoms with E-state index in [1.807, 2.05) is 6.92 Å². The lowest BCUT2D eigenvalue weighted by Crippen LogP contribution is -2.52. The fraction of sp³-hybridized carbons (Fsp3) is 0.500. The minimum Gasteiger partial charge on any atom is -0.459 e. The molecule has 1 fully saturated rings. The number of morpholine rings is 1. The van der Waals surface area contributed by atoms with E-state index in [1.54, 1.807) is 30.2 Å². The van der Waals surface area contributed by atoms with Gasteiger partial charge in [-0.3, -0.25) is 4.79 Å². The molecular formula is C16H20N2O5. The molecule has 2 aromatic rings. The van der Waals surface area contributed by atoms with Gasteiger partial charge in [0.1, 0.15) is 5.76 Å². The molecule has 1 amide bonds. The van der Waals surface area contributed by atoms with Crippen LogP contribution in [0.3, 0.4) is 0 Å². The van der Waals surface area contributed by atoms with Gasteiger partial charge in [0.15, 0.2) is 5.76 Å². The number of aryl methyl sites for hydroxylation is 1. The molecule has 1 aliphatic rings. The molecule has 1 aliphatic heterocycles. The zero-order chi connectivity index (χ0) is 16.4. The minimum absolute atomic E-state index is 0.0259. The molecule has 0 aliphatic carbocycles. The minimum atomic E-state index is -0.327. The summed E-state index contributed by atoms with van der Waals surface area (Å²) in [6.07, 6.45) is 1.37. The summed E-state index contributed by atoms with van der Waals surface area (Å²) in [6.45, 7) is 4.42. The highest BCUT2D eigenvalue weighted by atomic mass is 16.5. The largest absolute Gasteiger partial charge is 0.459 e. The number of hydrogen-bond donors (Lipinski definition) is 1. The SMILES string of the molecule is Cc1oc(-c2ccco2)nc1CC(=O)N1CC(CO)OCC1C. The smallest absolute Gasteiger partial charge is 0.263 e. The van der Waals surface area contributed by atoms with Crippen LogP contribution in [-0.2, 0) is 16.0 Å². The summed E-state index contributed by atoms with van der Waals surface area (Å²) in [5, 5.41) is 9.22. The standard InChI is InChI=1S/C16H20N2O5/c1-10-9-22-12(8-19)7-18(10)15(20)6-13-11(2)23-16(17-13)14-4-3-5-21-14/h3-5,10,12,19H,6-9H2,1-2H3. The van der Waals surface area contributed by atoms with Crippen molar-refractivity contribution < 1.29 is 23.5 Å². The molecule has 0 radical (unpaired) electrons. The molecular weight excluding hydrogens is 300 g/mol. The number of hydrogen-bond acceptors (Lipinski definition) is 6. The number of nitrogens with zero attached hydrogens (tertiary/aromatic N) is 2. The van der Waals surface area contributed by atoms with Gasteiger partial charge in [-0.15, -0.1) is 0 Å². The van der Waals surface area contributed by atoms with Crippen molar-refractivity contribution in [1.82, 2.24) is 9.88 Å². The quantitative estimate of drug-likeness (QED) is 0.916. The maximum atomic E-state index is 12.6. The Labute approximate surface area is 133 Å². The Kier molecular flexibility index (Phi) is 4.49. The lowest BCUT2D eigenvalue weighted by atomic mass is 10.1. The second-order valence-electron chi connectivity index (χ2n) is 5.71. The zero-order valence-corrected chi connectivity index (χ0v) is 13.2. The van der Waals surface area contributed by atoms with Crippen molar-refractivity contribution >= 4 is 5.91 Å². The fourth-order valence-corrected chi connectivity index (χ4v) is 2.62. The number of rotatable bonds is 4. The van der Waals surface area contributed by atoms with Crippen molar-refractivity contribution in [3.63, 3.8) is 0 Å². The Morgan fingerprint density at radius 3 is 3.04 bits per heavy atom. The second kappa shape index (κ2) is 6.55. The van der Waals surface area contributed by atoms with Crippen LogP contribution in [0.4, 0.5) is 0 Å². The van der Waals surface area contributed by atoms with E-state index in [0.29, 0.717) is 36.3 Å². The highest BCUT2D eigenvalue weighted by Gasteiger charge is 2.30. The van der Waals surface area contributed by atoms with Gasteiger partial charge in [0, 0.05) is 6.54 Å². The first-order valence-corrected chi connectivity index (χ1v) is 7.60. The normalized spacial score (nSPS) is 21.6. The van der Waals surface area contributed by atoms with Gasteiger partial charge in [-0.1, -0.05) is 0 Å². The Bertz CT molecular complexity index is 664. The van der Waals surface area contributed by atoms with E-state index in [4.69, 9.17) is 13.6 Å². The summed E-state index contributed by atoms with van der Waals surface area (Å²) < 4.78 is 16.3. The Hall–Kier alpha value is -2.12.